The van der Waals surface area contributed by atoms with Gasteiger partial charge in [-0.2, -0.15) is 0 Å². The third-order valence-corrected chi connectivity index (χ3v) is 11.7. The van der Waals surface area contributed by atoms with Crippen LogP contribution in [0.1, 0.15) is 117 Å². The monoisotopic (exact) mass is 809 g/mol. The number of nitrogens with one attached hydrogen (secondary N) is 1. The normalized spacial score (nSPS) is 14.7. The Balaban J connectivity index is 1.14. The molecule has 4 aromatic rings. The number of aromatic nitrogens is 1. The summed E-state index contributed by atoms with van der Waals surface area (Å²) in [5, 5.41) is 14.8. The zero-order valence-corrected chi connectivity index (χ0v) is 36.5. The van der Waals surface area contributed by atoms with E-state index < -0.39 is 12.0 Å². The number of carboxylic acids is 1. The smallest absolute Gasteiger partial charge is 0.362 e. The highest BCUT2D eigenvalue weighted by molar-refractivity contribution is 5.88. The average Bonchev–Trinajstić information content (AvgIpc) is 3.23. The van der Waals surface area contributed by atoms with Crippen molar-refractivity contribution in [2.45, 2.75) is 123 Å². The van der Waals surface area contributed by atoms with Gasteiger partial charge in [-0.05, 0) is 91.6 Å². The number of unbranched alkanes of at least 4 members (excludes halogenated alkanes) is 10. The highest BCUT2D eigenvalue weighted by atomic mass is 16.5. The van der Waals surface area contributed by atoms with Crippen LogP contribution in [0.25, 0.3) is 10.9 Å². The van der Waals surface area contributed by atoms with Crippen LogP contribution in [-0.2, 0) is 14.9 Å². The number of quaternary nitrogens is 1. The number of nitrogens with zero attached hydrogens (tertiary/aromatic N) is 2. The van der Waals surface area contributed by atoms with Gasteiger partial charge in [0.1, 0.15) is 37.7 Å². The fourth-order valence-electron chi connectivity index (χ4n) is 8.04. The number of carbonyl (C=O) groups is 1. The Labute approximate surface area is 353 Å². The zero-order chi connectivity index (χ0) is 41.9. The van der Waals surface area contributed by atoms with Gasteiger partial charge in [0, 0.05) is 35.4 Å². The topological polar surface area (TPSA) is 99.1 Å². The van der Waals surface area contributed by atoms with Crippen LogP contribution >= 0.6 is 0 Å². The van der Waals surface area contributed by atoms with Gasteiger partial charge < -0.3 is 33.9 Å². The fourth-order valence-corrected chi connectivity index (χ4v) is 8.04. The summed E-state index contributed by atoms with van der Waals surface area (Å²) >= 11 is 0. The molecule has 0 bridgehead atoms. The molecule has 0 saturated carbocycles. The minimum absolute atomic E-state index is 0.109. The van der Waals surface area contributed by atoms with Crippen LogP contribution in [0.4, 0.5) is 11.4 Å². The predicted octanol–water partition coefficient (Wildman–Crippen LogP) is 12.4. The van der Waals surface area contributed by atoms with Gasteiger partial charge in [-0.15, -0.1) is 0 Å². The van der Waals surface area contributed by atoms with Gasteiger partial charge in [-0.3, -0.25) is 4.98 Å². The first-order valence-electron chi connectivity index (χ1n) is 22.2. The van der Waals surface area contributed by atoms with Crippen LogP contribution in [0.5, 0.6) is 23.0 Å². The second kappa shape index (κ2) is 23.3. The first-order chi connectivity index (χ1) is 28.6. The Kier molecular flexibility index (Phi) is 17.9. The van der Waals surface area contributed by atoms with Gasteiger partial charge >= 0.3 is 5.97 Å². The minimum atomic E-state index is -0.735. The molecule has 320 valence electrons. The average molecular weight is 809 g/mol. The molecule has 59 heavy (non-hydrogen) atoms. The van der Waals surface area contributed by atoms with Crippen LogP contribution in [0.15, 0.2) is 85.1 Å². The lowest BCUT2D eigenvalue weighted by Gasteiger charge is -2.45. The van der Waals surface area contributed by atoms with E-state index >= 15 is 0 Å². The number of hydrogen-bond acceptors (Lipinski definition) is 7. The number of anilines is 2. The zero-order valence-electron chi connectivity index (χ0n) is 36.5. The molecule has 1 atom stereocenters. The highest BCUT2D eigenvalue weighted by Gasteiger charge is 2.43. The molecule has 2 heterocycles. The first-order valence-corrected chi connectivity index (χ1v) is 22.2. The van der Waals surface area contributed by atoms with Gasteiger partial charge in [-0.25, -0.2) is 4.79 Å². The standard InChI is InChI=1S/C50H69N3O6/c1-6-7-8-9-10-11-12-13-14-15-16-17-18-19-20-45(49(54)55)53(31-34-57-35-32-53)33-36-58-48-38-44-43(37-47(48)56-5)46(29-30-51-44)59-42-27-25-41(26-28-42)52-40-23-21-39(22-24-40)50(2,3)4/h13-14,21-30,37-38,45,52H,6-12,15-20,31-36H2,1-5H3/p+1. The summed E-state index contributed by atoms with van der Waals surface area (Å²) in [4.78, 5) is 17.4. The van der Waals surface area contributed by atoms with E-state index in [9.17, 15) is 9.90 Å². The summed E-state index contributed by atoms with van der Waals surface area (Å²) in [6.07, 6.45) is 21.6. The van der Waals surface area contributed by atoms with E-state index in [2.05, 4.69) is 74.4 Å². The summed E-state index contributed by atoms with van der Waals surface area (Å²) in [5.41, 5.74) is 4.11. The van der Waals surface area contributed by atoms with E-state index in [1.165, 1.54) is 50.5 Å². The van der Waals surface area contributed by atoms with Gasteiger partial charge in [0.2, 0.25) is 0 Å². The SMILES string of the molecule is CCCCCCCCC=CCCCCCCC(C(=O)O)[N+]1(CCOc2cc3nccc(Oc4ccc(Nc5ccc(C(C)(C)C)cc5)cc4)c3cc2OC)CCOCC1. The molecule has 3 aromatic carbocycles. The molecule has 1 unspecified atom stereocenters. The van der Waals surface area contributed by atoms with Crippen molar-refractivity contribution in [3.05, 3.63) is 90.6 Å². The number of rotatable bonds is 25. The number of allylic oxidation sites excluding steroid dienone is 2. The van der Waals surface area contributed by atoms with Gasteiger partial charge in [0.15, 0.2) is 17.5 Å². The molecule has 1 saturated heterocycles. The fraction of sp³-hybridized carbons (Fsp3) is 0.520. The Morgan fingerprint density at radius 3 is 2.08 bits per heavy atom. The lowest BCUT2D eigenvalue weighted by atomic mass is 9.87. The third-order valence-electron chi connectivity index (χ3n) is 11.7. The number of morpholine rings is 1. The summed E-state index contributed by atoms with van der Waals surface area (Å²) in [5.74, 6) is 1.74. The summed E-state index contributed by atoms with van der Waals surface area (Å²) in [6.45, 7) is 12.2. The van der Waals surface area contributed by atoms with E-state index in [4.69, 9.17) is 18.9 Å². The molecule has 5 rings (SSSR count). The van der Waals surface area contributed by atoms with Crippen LogP contribution < -0.4 is 19.5 Å². The van der Waals surface area contributed by atoms with Crippen molar-refractivity contribution >= 4 is 28.2 Å². The number of hydrogen-bond donors (Lipinski definition) is 2. The Bertz CT molecular complexity index is 1880. The summed E-state index contributed by atoms with van der Waals surface area (Å²) < 4.78 is 24.8. The van der Waals surface area contributed by atoms with Gasteiger partial charge in [0.25, 0.3) is 0 Å². The van der Waals surface area contributed by atoms with E-state index in [1.807, 2.05) is 42.5 Å². The Hall–Kier alpha value is -4.60. The Morgan fingerprint density at radius 2 is 1.46 bits per heavy atom. The molecule has 1 fully saturated rings. The molecule has 2 N–H and O–H groups in total. The number of aliphatic carboxylic acids is 1. The number of ether oxygens (including phenoxy) is 4. The van der Waals surface area contributed by atoms with Crippen molar-refractivity contribution in [1.82, 2.24) is 4.98 Å². The number of pyridine rings is 1. The number of fused-ring (bicyclic) bond motifs is 1. The van der Waals surface area contributed by atoms with Gasteiger partial charge in [-0.1, -0.05) is 96.9 Å². The van der Waals surface area contributed by atoms with Crippen molar-refractivity contribution in [2.75, 3.05) is 51.9 Å². The van der Waals surface area contributed by atoms with E-state index in [1.54, 1.807) is 13.3 Å². The molecule has 1 aliphatic heterocycles. The molecule has 9 heteroatoms. The minimum Gasteiger partial charge on any atom is -0.493 e. The molecule has 0 amide bonds. The first kappa shape index (κ1) is 45.5. The molecule has 1 aromatic heterocycles. The van der Waals surface area contributed by atoms with Crippen LogP contribution in [0.3, 0.4) is 0 Å². The second-order valence-corrected chi connectivity index (χ2v) is 17.1. The molecular formula is C50H70N3O6+. The quantitative estimate of drug-likeness (QED) is 0.0388. The van der Waals surface area contributed by atoms with Crippen molar-refractivity contribution < 1.29 is 33.3 Å². The van der Waals surface area contributed by atoms with E-state index in [0.29, 0.717) is 78.9 Å². The third kappa shape index (κ3) is 14.0. The summed E-state index contributed by atoms with van der Waals surface area (Å²) in [6, 6.07) is 21.5. The predicted molar refractivity (Wildman–Crippen MR) is 241 cm³/mol. The summed E-state index contributed by atoms with van der Waals surface area (Å²) in [7, 11) is 1.62. The van der Waals surface area contributed by atoms with Crippen molar-refractivity contribution in [1.29, 1.82) is 0 Å². The van der Waals surface area contributed by atoms with E-state index in [-0.39, 0.29) is 5.41 Å². The lowest BCUT2D eigenvalue weighted by Crippen LogP contribution is -2.64. The van der Waals surface area contributed by atoms with Crippen molar-refractivity contribution in [2.24, 2.45) is 0 Å². The van der Waals surface area contributed by atoms with Crippen LogP contribution in [0.2, 0.25) is 0 Å². The molecule has 1 aliphatic rings. The molecule has 0 spiro atoms. The van der Waals surface area contributed by atoms with Crippen molar-refractivity contribution in [3.63, 3.8) is 0 Å². The lowest BCUT2D eigenvalue weighted by molar-refractivity contribution is -0.950. The largest absolute Gasteiger partial charge is 0.493 e. The maximum absolute atomic E-state index is 12.8. The number of carboxylic acid groups (broad SMARTS) is 1. The van der Waals surface area contributed by atoms with Gasteiger partial charge in [0.05, 0.1) is 25.8 Å². The van der Waals surface area contributed by atoms with E-state index in [0.717, 1.165) is 48.9 Å². The highest BCUT2D eigenvalue weighted by Crippen LogP contribution is 2.38. The molecular weight excluding hydrogens is 739 g/mol. The maximum Gasteiger partial charge on any atom is 0.362 e. The second-order valence-electron chi connectivity index (χ2n) is 17.1. The number of methoxy groups -OCH3 is 1. The Morgan fingerprint density at radius 1 is 0.831 bits per heavy atom. The number of benzene rings is 3. The van der Waals surface area contributed by atoms with Crippen LogP contribution in [-0.4, -0.2) is 73.1 Å². The molecule has 0 aliphatic carbocycles. The molecule has 0 radical (unpaired) electrons. The van der Waals surface area contributed by atoms with Crippen molar-refractivity contribution in [3.8, 4) is 23.0 Å². The molecule has 9 nitrogen and oxygen atoms in total. The maximum atomic E-state index is 12.8. The van der Waals surface area contributed by atoms with Crippen LogP contribution in [0, 0.1) is 0 Å².